The van der Waals surface area contributed by atoms with Crippen molar-refractivity contribution in [2.24, 2.45) is 0 Å². The van der Waals surface area contributed by atoms with Crippen LogP contribution in [0.4, 0.5) is 15.8 Å². The Morgan fingerprint density at radius 2 is 1.55 bits per heavy atom. The molecule has 1 aliphatic carbocycles. The van der Waals surface area contributed by atoms with E-state index in [1.807, 2.05) is 18.2 Å². The van der Waals surface area contributed by atoms with E-state index in [1.165, 1.54) is 18.2 Å². The van der Waals surface area contributed by atoms with Crippen LogP contribution in [0.25, 0.3) is 0 Å². The van der Waals surface area contributed by atoms with Crippen LogP contribution in [0.15, 0.2) is 72.8 Å². The third kappa shape index (κ3) is 4.15. The minimum absolute atomic E-state index is 0.123. The average molecular weight is 409 g/mol. The number of carbonyl (C=O) groups is 2. The molecule has 1 aliphatic rings. The lowest BCUT2D eigenvalue weighted by atomic mass is 9.95. The Hall–Kier alpha value is -3.18. The highest BCUT2D eigenvalue weighted by molar-refractivity contribution is 6.30. The molecular formula is C23H18ClFN2O2. The molecule has 3 aromatic carbocycles. The maximum Gasteiger partial charge on any atom is 0.255 e. The summed E-state index contributed by atoms with van der Waals surface area (Å²) in [5.41, 5.74) is 1.56. The lowest BCUT2D eigenvalue weighted by molar-refractivity contribution is -0.118. The zero-order valence-electron chi connectivity index (χ0n) is 15.4. The Labute approximate surface area is 172 Å². The number of rotatable bonds is 5. The average Bonchev–Trinajstić information content (AvgIpc) is 3.50. The van der Waals surface area contributed by atoms with Crippen LogP contribution in [0.5, 0.6) is 0 Å². The van der Waals surface area contributed by atoms with E-state index in [-0.39, 0.29) is 11.8 Å². The van der Waals surface area contributed by atoms with Crippen LogP contribution in [-0.4, -0.2) is 11.8 Å². The monoisotopic (exact) mass is 408 g/mol. The lowest BCUT2D eigenvalue weighted by Gasteiger charge is -2.16. The maximum atomic E-state index is 13.3. The van der Waals surface area contributed by atoms with Crippen LogP contribution in [0.2, 0.25) is 5.02 Å². The number of nitrogens with one attached hydrogen (secondary N) is 2. The first-order valence-electron chi connectivity index (χ1n) is 9.21. The molecule has 0 aromatic heterocycles. The third-order valence-electron chi connectivity index (χ3n) is 5.03. The summed E-state index contributed by atoms with van der Waals surface area (Å²) in [6.07, 6.45) is 1.50. The fourth-order valence-electron chi connectivity index (χ4n) is 3.32. The van der Waals surface area contributed by atoms with Crippen molar-refractivity contribution in [3.63, 3.8) is 0 Å². The molecule has 2 N–H and O–H groups in total. The Balaban J connectivity index is 1.49. The number of hydrogen-bond acceptors (Lipinski definition) is 2. The van der Waals surface area contributed by atoms with E-state index in [9.17, 15) is 14.0 Å². The number of carbonyl (C=O) groups excluding carboxylic acids is 2. The van der Waals surface area contributed by atoms with E-state index in [4.69, 9.17) is 11.6 Å². The number of amides is 2. The van der Waals surface area contributed by atoms with Crippen LogP contribution in [-0.2, 0) is 10.2 Å². The highest BCUT2D eigenvalue weighted by atomic mass is 35.5. The predicted molar refractivity (Wildman–Crippen MR) is 112 cm³/mol. The van der Waals surface area contributed by atoms with Crippen molar-refractivity contribution in [2.75, 3.05) is 10.6 Å². The summed E-state index contributed by atoms with van der Waals surface area (Å²) in [5.74, 6) is -0.940. The van der Waals surface area contributed by atoms with Crippen molar-refractivity contribution in [3.05, 3.63) is 94.8 Å². The first-order valence-corrected chi connectivity index (χ1v) is 9.59. The highest BCUT2D eigenvalue weighted by Crippen LogP contribution is 2.49. The molecule has 1 saturated carbocycles. The van der Waals surface area contributed by atoms with Gasteiger partial charge in [-0.05, 0) is 66.9 Å². The second-order valence-corrected chi connectivity index (χ2v) is 7.53. The molecule has 0 radical (unpaired) electrons. The zero-order chi connectivity index (χ0) is 20.4. The lowest BCUT2D eigenvalue weighted by Crippen LogP contribution is -2.28. The van der Waals surface area contributed by atoms with Gasteiger partial charge in [-0.3, -0.25) is 9.59 Å². The fraction of sp³-hybridized carbons (Fsp3) is 0.130. The fourth-order valence-corrected chi connectivity index (χ4v) is 3.51. The molecule has 3 aromatic rings. The Kier molecular flexibility index (Phi) is 5.07. The van der Waals surface area contributed by atoms with Crippen molar-refractivity contribution in [1.82, 2.24) is 0 Å². The molecular weight excluding hydrogens is 391 g/mol. The van der Waals surface area contributed by atoms with Gasteiger partial charge < -0.3 is 10.6 Å². The Bertz CT molecular complexity index is 1100. The van der Waals surface area contributed by atoms with Crippen LogP contribution in [0, 0.1) is 5.82 Å². The molecule has 4 rings (SSSR count). The Morgan fingerprint density at radius 3 is 2.24 bits per heavy atom. The molecule has 0 saturated heterocycles. The van der Waals surface area contributed by atoms with Gasteiger partial charge in [0.2, 0.25) is 5.91 Å². The van der Waals surface area contributed by atoms with Crippen LogP contribution in [0.1, 0.15) is 28.8 Å². The van der Waals surface area contributed by atoms with Gasteiger partial charge in [-0.15, -0.1) is 0 Å². The molecule has 6 heteroatoms. The van der Waals surface area contributed by atoms with Gasteiger partial charge in [0.1, 0.15) is 5.82 Å². The van der Waals surface area contributed by atoms with Crippen LogP contribution >= 0.6 is 11.6 Å². The van der Waals surface area contributed by atoms with E-state index in [2.05, 4.69) is 10.6 Å². The molecule has 1 fully saturated rings. The predicted octanol–water partition coefficient (Wildman–Crippen LogP) is 5.40. The molecule has 0 atom stereocenters. The minimum atomic E-state index is -0.579. The summed E-state index contributed by atoms with van der Waals surface area (Å²) >= 11 is 6.08. The van der Waals surface area contributed by atoms with Gasteiger partial charge in [0.25, 0.3) is 5.91 Å². The molecule has 4 nitrogen and oxygen atoms in total. The van der Waals surface area contributed by atoms with Crippen molar-refractivity contribution >= 4 is 34.8 Å². The van der Waals surface area contributed by atoms with E-state index in [0.717, 1.165) is 18.4 Å². The van der Waals surface area contributed by atoms with E-state index >= 15 is 0 Å². The summed E-state index contributed by atoms with van der Waals surface area (Å²) in [6, 6.07) is 19.7. The van der Waals surface area contributed by atoms with Crippen LogP contribution < -0.4 is 10.6 Å². The Morgan fingerprint density at radius 1 is 0.862 bits per heavy atom. The molecule has 0 heterocycles. The molecule has 29 heavy (non-hydrogen) atoms. The van der Waals surface area contributed by atoms with Crippen LogP contribution in [0.3, 0.4) is 0 Å². The minimum Gasteiger partial charge on any atom is -0.325 e. The molecule has 146 valence electrons. The van der Waals surface area contributed by atoms with Crippen molar-refractivity contribution in [1.29, 1.82) is 0 Å². The second kappa shape index (κ2) is 7.68. The van der Waals surface area contributed by atoms with Crippen molar-refractivity contribution in [2.45, 2.75) is 18.3 Å². The summed E-state index contributed by atoms with van der Waals surface area (Å²) in [6.45, 7) is 0. The standard InChI is InChI=1S/C23H18ClFN2O2/c24-17-6-2-5-16(13-17)23(10-11-23)22(29)27-19-8-1-4-15(12-19)21(28)26-20-9-3-7-18(25)14-20/h1-9,12-14H,10-11H2,(H,26,28)(H,27,29). The van der Waals surface area contributed by atoms with Gasteiger partial charge in [0, 0.05) is 22.0 Å². The van der Waals surface area contributed by atoms with Gasteiger partial charge in [0.15, 0.2) is 0 Å². The molecule has 0 unspecified atom stereocenters. The van der Waals surface area contributed by atoms with Gasteiger partial charge in [0.05, 0.1) is 5.41 Å². The second-order valence-electron chi connectivity index (χ2n) is 7.09. The quantitative estimate of drug-likeness (QED) is 0.593. The van der Waals surface area contributed by atoms with Gasteiger partial charge >= 0.3 is 0 Å². The largest absolute Gasteiger partial charge is 0.325 e. The SMILES string of the molecule is O=C(Nc1cccc(F)c1)c1cccc(NC(=O)C2(c3cccc(Cl)c3)CC2)c1. The van der Waals surface area contributed by atoms with E-state index in [1.54, 1.807) is 36.4 Å². The summed E-state index contributed by atoms with van der Waals surface area (Å²) < 4.78 is 13.3. The molecule has 2 amide bonds. The molecule has 0 aliphatic heterocycles. The summed E-state index contributed by atoms with van der Waals surface area (Å²) in [7, 11) is 0. The first kappa shape index (κ1) is 19.2. The zero-order valence-corrected chi connectivity index (χ0v) is 16.2. The van der Waals surface area contributed by atoms with Gasteiger partial charge in [-0.2, -0.15) is 0 Å². The smallest absolute Gasteiger partial charge is 0.255 e. The number of hydrogen-bond donors (Lipinski definition) is 2. The molecule has 0 bridgehead atoms. The summed E-state index contributed by atoms with van der Waals surface area (Å²) in [5, 5.41) is 6.15. The van der Waals surface area contributed by atoms with Crippen molar-refractivity contribution < 1.29 is 14.0 Å². The van der Waals surface area contributed by atoms with E-state index in [0.29, 0.717) is 22.0 Å². The van der Waals surface area contributed by atoms with E-state index < -0.39 is 11.2 Å². The van der Waals surface area contributed by atoms with Gasteiger partial charge in [-0.1, -0.05) is 35.9 Å². The van der Waals surface area contributed by atoms with Crippen molar-refractivity contribution in [3.8, 4) is 0 Å². The first-order chi connectivity index (χ1) is 14.0. The normalized spacial score (nSPS) is 14.1. The van der Waals surface area contributed by atoms with Gasteiger partial charge in [-0.25, -0.2) is 4.39 Å². The maximum absolute atomic E-state index is 13.3. The molecule has 0 spiro atoms. The number of anilines is 2. The third-order valence-corrected chi connectivity index (χ3v) is 5.26. The summed E-state index contributed by atoms with van der Waals surface area (Å²) in [4.78, 5) is 25.4. The topological polar surface area (TPSA) is 58.2 Å². The number of benzene rings is 3. The number of halogens is 2. The highest BCUT2D eigenvalue weighted by Gasteiger charge is 2.51.